The van der Waals surface area contributed by atoms with Crippen LogP contribution in [0, 0.1) is 0 Å². The number of ether oxygens (including phenoxy) is 1. The minimum atomic E-state index is -0.332. The number of nitrogens with zero attached hydrogens (tertiary/aromatic N) is 2. The Morgan fingerprint density at radius 3 is 2.81 bits per heavy atom. The Balaban J connectivity index is 0.00000261. The number of fused-ring (bicyclic) bond motifs is 1. The maximum Gasteiger partial charge on any atom is 0.276 e. The summed E-state index contributed by atoms with van der Waals surface area (Å²) in [6, 6.07) is 5.00. The van der Waals surface area contributed by atoms with Crippen LogP contribution < -0.4 is 15.4 Å². The number of halogens is 1. The van der Waals surface area contributed by atoms with Crippen LogP contribution in [0.25, 0.3) is 0 Å². The molecule has 0 radical (unpaired) electrons. The minimum Gasteiger partial charge on any atom is -0.492 e. The normalized spacial score (nSPS) is 12.6. The summed E-state index contributed by atoms with van der Waals surface area (Å²) in [6.07, 6.45) is 0.812. The van der Waals surface area contributed by atoms with Crippen molar-refractivity contribution < 1.29 is 14.3 Å². The molecule has 146 valence electrons. The molecule has 27 heavy (non-hydrogen) atoms. The molecular formula is C18H24ClN5O3. The number of anilines is 1. The Hall–Kier alpha value is -2.58. The van der Waals surface area contributed by atoms with E-state index in [2.05, 4.69) is 20.8 Å². The molecule has 0 unspecified atom stereocenters. The highest BCUT2D eigenvalue weighted by Crippen LogP contribution is 2.27. The van der Waals surface area contributed by atoms with Gasteiger partial charge >= 0.3 is 0 Å². The van der Waals surface area contributed by atoms with Gasteiger partial charge in [-0.1, -0.05) is 0 Å². The molecule has 0 spiro atoms. The van der Waals surface area contributed by atoms with E-state index in [0.717, 1.165) is 24.2 Å². The first kappa shape index (κ1) is 20.7. The van der Waals surface area contributed by atoms with Crippen LogP contribution in [0.3, 0.4) is 0 Å². The van der Waals surface area contributed by atoms with E-state index in [0.29, 0.717) is 35.8 Å². The average molecular weight is 394 g/mol. The van der Waals surface area contributed by atoms with Crippen molar-refractivity contribution in [2.24, 2.45) is 0 Å². The van der Waals surface area contributed by atoms with E-state index in [1.807, 2.05) is 6.92 Å². The number of benzene rings is 1. The fourth-order valence-electron chi connectivity index (χ4n) is 2.89. The molecule has 8 nitrogen and oxygen atoms in total. The van der Waals surface area contributed by atoms with Crippen LogP contribution in [0.5, 0.6) is 5.75 Å². The van der Waals surface area contributed by atoms with Gasteiger partial charge in [0.2, 0.25) is 0 Å². The maximum atomic E-state index is 12.7. The van der Waals surface area contributed by atoms with E-state index in [-0.39, 0.29) is 24.2 Å². The molecule has 0 atom stereocenters. The number of amides is 2. The van der Waals surface area contributed by atoms with E-state index < -0.39 is 0 Å². The number of aromatic nitrogens is 2. The van der Waals surface area contributed by atoms with Crippen LogP contribution in [0.2, 0.25) is 0 Å². The fourth-order valence-corrected chi connectivity index (χ4v) is 2.89. The van der Waals surface area contributed by atoms with Gasteiger partial charge in [0.05, 0.1) is 12.3 Å². The van der Waals surface area contributed by atoms with Crippen molar-refractivity contribution in [3.8, 4) is 5.75 Å². The molecule has 1 aliphatic heterocycles. The largest absolute Gasteiger partial charge is 0.492 e. The number of H-pyrrole nitrogens is 1. The number of aromatic amines is 1. The predicted octanol–water partition coefficient (Wildman–Crippen LogP) is 1.83. The van der Waals surface area contributed by atoms with Crippen LogP contribution in [0.1, 0.15) is 39.0 Å². The van der Waals surface area contributed by atoms with E-state index in [1.54, 1.807) is 32.3 Å². The van der Waals surface area contributed by atoms with Gasteiger partial charge in [-0.2, -0.15) is 5.10 Å². The number of carbonyl (C=O) groups excluding carboxylic acids is 2. The lowest BCUT2D eigenvalue weighted by molar-refractivity contribution is 0.0827. The number of hydrogen-bond donors (Lipinski definition) is 3. The van der Waals surface area contributed by atoms with Crippen LogP contribution in [-0.4, -0.2) is 54.2 Å². The predicted molar refractivity (Wildman–Crippen MR) is 105 cm³/mol. The molecule has 9 heteroatoms. The van der Waals surface area contributed by atoms with Gasteiger partial charge in [-0.15, -0.1) is 12.4 Å². The third-order valence-corrected chi connectivity index (χ3v) is 4.20. The third kappa shape index (κ3) is 4.40. The molecular weight excluding hydrogens is 370 g/mol. The monoisotopic (exact) mass is 393 g/mol. The third-order valence-electron chi connectivity index (χ3n) is 4.20. The van der Waals surface area contributed by atoms with Gasteiger partial charge in [0.1, 0.15) is 5.75 Å². The summed E-state index contributed by atoms with van der Waals surface area (Å²) in [6.45, 7) is 3.78. The Kier molecular flexibility index (Phi) is 6.81. The first-order chi connectivity index (χ1) is 12.5. The highest BCUT2D eigenvalue weighted by molar-refractivity contribution is 6.06. The summed E-state index contributed by atoms with van der Waals surface area (Å²) < 4.78 is 5.58. The quantitative estimate of drug-likeness (QED) is 0.719. The van der Waals surface area contributed by atoms with E-state index in [9.17, 15) is 9.59 Å². The second kappa shape index (κ2) is 8.88. The molecule has 2 heterocycles. The molecule has 0 aliphatic carbocycles. The van der Waals surface area contributed by atoms with Crippen molar-refractivity contribution >= 4 is 29.9 Å². The van der Waals surface area contributed by atoms with Gasteiger partial charge in [-0.05, 0) is 25.1 Å². The zero-order valence-electron chi connectivity index (χ0n) is 15.6. The molecule has 0 bridgehead atoms. The summed E-state index contributed by atoms with van der Waals surface area (Å²) in [7, 11) is 3.36. The van der Waals surface area contributed by atoms with Crippen LogP contribution >= 0.6 is 12.4 Å². The standard InChI is InChI=1S/C18H23N5O3.ClH/c1-4-26-15-6-5-11(18(25)23(2)3)9-14(15)20-17(24)16-12-10-19-8-7-13(12)21-22-16;/h5-6,9,19H,4,7-8,10H2,1-3H3,(H,20,24)(H,21,22);1H. The maximum absolute atomic E-state index is 12.7. The first-order valence-corrected chi connectivity index (χ1v) is 8.58. The van der Waals surface area contributed by atoms with Crippen molar-refractivity contribution in [2.75, 3.05) is 32.6 Å². The van der Waals surface area contributed by atoms with Crippen LogP contribution in [0.15, 0.2) is 18.2 Å². The highest BCUT2D eigenvalue weighted by Gasteiger charge is 2.23. The Morgan fingerprint density at radius 1 is 1.33 bits per heavy atom. The number of carbonyl (C=O) groups is 2. The van der Waals surface area contributed by atoms with Gasteiger partial charge in [0, 0.05) is 50.4 Å². The van der Waals surface area contributed by atoms with Crippen molar-refractivity contribution in [3.63, 3.8) is 0 Å². The lowest BCUT2D eigenvalue weighted by Crippen LogP contribution is -2.25. The summed E-state index contributed by atoms with van der Waals surface area (Å²) in [5.74, 6) is 0.0326. The zero-order chi connectivity index (χ0) is 18.7. The smallest absolute Gasteiger partial charge is 0.276 e. The summed E-state index contributed by atoms with van der Waals surface area (Å²) >= 11 is 0. The first-order valence-electron chi connectivity index (χ1n) is 8.58. The number of nitrogens with one attached hydrogen (secondary N) is 3. The SMILES string of the molecule is CCOc1ccc(C(=O)N(C)C)cc1NC(=O)c1n[nH]c2c1CNCC2.Cl. The fraction of sp³-hybridized carbons (Fsp3) is 0.389. The van der Waals surface area contributed by atoms with Crippen molar-refractivity contribution in [1.29, 1.82) is 0 Å². The molecule has 0 saturated carbocycles. The average Bonchev–Trinajstić information content (AvgIpc) is 3.07. The van der Waals surface area contributed by atoms with E-state index >= 15 is 0 Å². The highest BCUT2D eigenvalue weighted by atomic mass is 35.5. The molecule has 1 aromatic carbocycles. The summed E-state index contributed by atoms with van der Waals surface area (Å²) in [4.78, 5) is 26.4. The summed E-state index contributed by atoms with van der Waals surface area (Å²) in [5.41, 5.74) is 3.14. The topological polar surface area (TPSA) is 99.3 Å². The van der Waals surface area contributed by atoms with E-state index in [4.69, 9.17) is 4.74 Å². The van der Waals surface area contributed by atoms with Crippen LogP contribution in [-0.2, 0) is 13.0 Å². The van der Waals surface area contributed by atoms with Crippen molar-refractivity contribution in [3.05, 3.63) is 40.7 Å². The van der Waals surface area contributed by atoms with Crippen LogP contribution in [0.4, 0.5) is 5.69 Å². The second-order valence-electron chi connectivity index (χ2n) is 6.25. The molecule has 1 aliphatic rings. The van der Waals surface area contributed by atoms with Crippen molar-refractivity contribution in [1.82, 2.24) is 20.4 Å². The summed E-state index contributed by atoms with van der Waals surface area (Å²) in [5, 5.41) is 13.2. The minimum absolute atomic E-state index is 0. The van der Waals surface area contributed by atoms with Gasteiger partial charge in [0.15, 0.2) is 5.69 Å². The number of rotatable bonds is 5. The lowest BCUT2D eigenvalue weighted by atomic mass is 10.1. The molecule has 3 rings (SSSR count). The second-order valence-corrected chi connectivity index (χ2v) is 6.25. The molecule has 2 amide bonds. The molecule has 0 fully saturated rings. The molecule has 2 aromatic rings. The van der Waals surface area contributed by atoms with E-state index in [1.165, 1.54) is 4.90 Å². The van der Waals surface area contributed by atoms with Gasteiger partial charge < -0.3 is 20.3 Å². The molecule has 3 N–H and O–H groups in total. The van der Waals surface area contributed by atoms with Crippen molar-refractivity contribution in [2.45, 2.75) is 19.9 Å². The zero-order valence-corrected chi connectivity index (χ0v) is 16.4. The Bertz CT molecular complexity index is 834. The molecule has 0 saturated heterocycles. The van der Waals surface area contributed by atoms with Gasteiger partial charge in [-0.3, -0.25) is 14.7 Å². The molecule has 1 aromatic heterocycles. The van der Waals surface area contributed by atoms with Gasteiger partial charge in [0.25, 0.3) is 11.8 Å². The Labute approximate surface area is 164 Å². The number of hydrogen-bond acceptors (Lipinski definition) is 5. The Morgan fingerprint density at radius 2 is 2.11 bits per heavy atom. The van der Waals surface area contributed by atoms with Gasteiger partial charge in [-0.25, -0.2) is 0 Å². The lowest BCUT2D eigenvalue weighted by Gasteiger charge is -2.16.